The Morgan fingerprint density at radius 3 is 2.26 bits per heavy atom. The Labute approximate surface area is 183 Å². The van der Waals surface area contributed by atoms with Crippen molar-refractivity contribution < 1.29 is 33.3 Å². The highest BCUT2D eigenvalue weighted by Gasteiger charge is 2.48. The number of hydrogen-bond acceptors (Lipinski definition) is 7. The summed E-state index contributed by atoms with van der Waals surface area (Å²) in [7, 11) is 2.87. The number of ether oxygens (including phenoxy) is 5. The lowest BCUT2D eigenvalue weighted by atomic mass is 9.81. The fourth-order valence-electron chi connectivity index (χ4n) is 4.23. The first kappa shape index (κ1) is 23.0. The molecule has 0 radical (unpaired) electrons. The Hall–Kier alpha value is -2.64. The number of fused-ring (bicyclic) bond motifs is 1. The fourth-order valence-corrected chi connectivity index (χ4v) is 4.23. The van der Waals surface area contributed by atoms with Crippen molar-refractivity contribution in [3.8, 4) is 17.2 Å². The van der Waals surface area contributed by atoms with Gasteiger partial charge in [0.2, 0.25) is 5.75 Å². The van der Waals surface area contributed by atoms with Gasteiger partial charge in [0.15, 0.2) is 11.5 Å². The molecule has 3 rings (SSSR count). The molecule has 1 aromatic rings. The average molecular weight is 436 g/mol. The highest BCUT2D eigenvalue weighted by atomic mass is 16.7. The number of rotatable bonds is 4. The lowest BCUT2D eigenvalue weighted by molar-refractivity contribution is -0.121. The number of nitrogens with one attached hydrogen (secondary N) is 1. The first-order valence-corrected chi connectivity index (χ1v) is 10.6. The number of esters is 1. The van der Waals surface area contributed by atoms with Gasteiger partial charge in [-0.1, -0.05) is 0 Å². The minimum Gasteiger partial charge on any atom is -0.493 e. The van der Waals surface area contributed by atoms with Crippen molar-refractivity contribution >= 4 is 12.1 Å². The van der Waals surface area contributed by atoms with Crippen LogP contribution in [0.15, 0.2) is 6.07 Å². The summed E-state index contributed by atoms with van der Waals surface area (Å²) in [5.74, 6) is 0.226. The number of carbonyl (C=O) groups is 2. The highest BCUT2D eigenvalue weighted by Crippen LogP contribution is 2.52. The van der Waals surface area contributed by atoms with Crippen molar-refractivity contribution in [1.82, 2.24) is 5.32 Å². The van der Waals surface area contributed by atoms with E-state index in [2.05, 4.69) is 5.32 Å². The lowest BCUT2D eigenvalue weighted by Crippen LogP contribution is -2.48. The van der Waals surface area contributed by atoms with E-state index in [0.29, 0.717) is 28.4 Å². The van der Waals surface area contributed by atoms with E-state index in [9.17, 15) is 9.59 Å². The van der Waals surface area contributed by atoms with Crippen LogP contribution in [0.4, 0.5) is 4.79 Å². The molecule has 8 heteroatoms. The molecule has 1 aromatic carbocycles. The van der Waals surface area contributed by atoms with E-state index in [1.807, 2.05) is 27.7 Å². The van der Waals surface area contributed by atoms with Crippen molar-refractivity contribution in [2.24, 2.45) is 5.92 Å². The third kappa shape index (κ3) is 4.83. The van der Waals surface area contributed by atoms with Gasteiger partial charge in [-0.05, 0) is 59.4 Å². The summed E-state index contributed by atoms with van der Waals surface area (Å²) in [5.41, 5.74) is 0.523. The summed E-state index contributed by atoms with van der Waals surface area (Å²) in [6.45, 7) is 9.26. The standard InChI is InChI=1S/C23H33NO7/c1-13-16(20(25)28-7)12-17(27-6)19-18(13)29-23(5,30-19)14-8-10-15(11-9-14)24-21(26)31-22(2,3)4/h12,14-15H,8-11H2,1-7H3,(H,24,26). The smallest absolute Gasteiger partial charge is 0.407 e. The van der Waals surface area contributed by atoms with Crippen LogP contribution in [0.5, 0.6) is 17.2 Å². The summed E-state index contributed by atoms with van der Waals surface area (Å²) < 4.78 is 28.3. The third-order valence-corrected chi connectivity index (χ3v) is 5.87. The average Bonchev–Trinajstić information content (AvgIpc) is 3.06. The predicted octanol–water partition coefficient (Wildman–Crippen LogP) is 4.36. The zero-order valence-corrected chi connectivity index (χ0v) is 19.4. The molecule has 1 unspecified atom stereocenters. The Balaban J connectivity index is 1.70. The van der Waals surface area contributed by atoms with E-state index in [0.717, 1.165) is 25.7 Å². The molecule has 1 fully saturated rings. The quantitative estimate of drug-likeness (QED) is 0.703. The molecule has 1 saturated carbocycles. The van der Waals surface area contributed by atoms with Gasteiger partial charge < -0.3 is 29.0 Å². The van der Waals surface area contributed by atoms with Crippen LogP contribution in [0.25, 0.3) is 0 Å². The van der Waals surface area contributed by atoms with Gasteiger partial charge in [-0.3, -0.25) is 0 Å². The second-order valence-electron chi connectivity index (χ2n) is 9.32. The first-order valence-electron chi connectivity index (χ1n) is 10.6. The van der Waals surface area contributed by atoms with Crippen LogP contribution in [0, 0.1) is 12.8 Å². The van der Waals surface area contributed by atoms with E-state index in [1.54, 1.807) is 13.0 Å². The normalized spacial score (nSPS) is 25.0. The SMILES string of the molecule is COC(=O)c1cc(OC)c2c(c1C)OC(C)(C1CCC(NC(=O)OC(C)(C)C)CC1)O2. The summed E-state index contributed by atoms with van der Waals surface area (Å²) in [6.07, 6.45) is 2.84. The number of methoxy groups -OCH3 is 2. The summed E-state index contributed by atoms with van der Waals surface area (Å²) in [4.78, 5) is 24.2. The van der Waals surface area contributed by atoms with Gasteiger partial charge >= 0.3 is 12.1 Å². The molecule has 31 heavy (non-hydrogen) atoms. The second-order valence-corrected chi connectivity index (χ2v) is 9.32. The molecular formula is C23H33NO7. The molecule has 0 aromatic heterocycles. The van der Waals surface area contributed by atoms with E-state index in [-0.39, 0.29) is 12.0 Å². The number of alkyl carbamates (subject to hydrolysis) is 1. The van der Waals surface area contributed by atoms with E-state index < -0.39 is 23.5 Å². The fraction of sp³-hybridized carbons (Fsp3) is 0.652. The van der Waals surface area contributed by atoms with Crippen LogP contribution < -0.4 is 19.5 Å². The molecule has 0 bridgehead atoms. The van der Waals surface area contributed by atoms with Gasteiger partial charge in [0.05, 0.1) is 19.8 Å². The van der Waals surface area contributed by atoms with Crippen LogP contribution in [-0.4, -0.2) is 43.7 Å². The molecule has 1 amide bonds. The molecular weight excluding hydrogens is 402 g/mol. The zero-order chi connectivity index (χ0) is 23.0. The Morgan fingerprint density at radius 1 is 1.10 bits per heavy atom. The van der Waals surface area contributed by atoms with Crippen molar-refractivity contribution in [2.75, 3.05) is 14.2 Å². The molecule has 172 valence electrons. The maximum absolute atomic E-state index is 12.2. The molecule has 1 heterocycles. The Bertz CT molecular complexity index is 852. The number of hydrogen-bond donors (Lipinski definition) is 1. The Morgan fingerprint density at radius 2 is 1.71 bits per heavy atom. The van der Waals surface area contributed by atoms with Gasteiger partial charge in [0.1, 0.15) is 5.60 Å². The monoisotopic (exact) mass is 435 g/mol. The van der Waals surface area contributed by atoms with Crippen molar-refractivity contribution in [3.05, 3.63) is 17.2 Å². The molecule has 0 saturated heterocycles. The molecule has 1 N–H and O–H groups in total. The van der Waals surface area contributed by atoms with Gasteiger partial charge in [-0.15, -0.1) is 0 Å². The van der Waals surface area contributed by atoms with Crippen LogP contribution in [0.2, 0.25) is 0 Å². The van der Waals surface area contributed by atoms with Gasteiger partial charge in [0, 0.05) is 24.4 Å². The number of benzene rings is 1. The minimum absolute atomic E-state index is 0.0562. The lowest BCUT2D eigenvalue weighted by Gasteiger charge is -2.37. The molecule has 2 aliphatic rings. The van der Waals surface area contributed by atoms with E-state index in [1.165, 1.54) is 14.2 Å². The molecule has 1 atom stereocenters. The van der Waals surface area contributed by atoms with Crippen molar-refractivity contribution in [3.63, 3.8) is 0 Å². The van der Waals surface area contributed by atoms with Gasteiger partial charge in [-0.2, -0.15) is 0 Å². The highest BCUT2D eigenvalue weighted by molar-refractivity contribution is 5.93. The summed E-state index contributed by atoms with van der Waals surface area (Å²) in [5, 5.41) is 2.96. The first-order chi connectivity index (χ1) is 14.5. The van der Waals surface area contributed by atoms with Gasteiger partial charge in [-0.25, -0.2) is 9.59 Å². The number of carbonyl (C=O) groups excluding carboxylic acids is 2. The third-order valence-electron chi connectivity index (χ3n) is 5.87. The van der Waals surface area contributed by atoms with Crippen LogP contribution in [0.3, 0.4) is 0 Å². The van der Waals surface area contributed by atoms with Crippen molar-refractivity contribution in [2.45, 2.75) is 77.7 Å². The van der Waals surface area contributed by atoms with Crippen molar-refractivity contribution in [1.29, 1.82) is 0 Å². The van der Waals surface area contributed by atoms with Crippen LogP contribution in [0.1, 0.15) is 69.3 Å². The van der Waals surface area contributed by atoms with Crippen LogP contribution in [-0.2, 0) is 9.47 Å². The molecule has 8 nitrogen and oxygen atoms in total. The molecule has 1 aliphatic heterocycles. The zero-order valence-electron chi connectivity index (χ0n) is 19.4. The topological polar surface area (TPSA) is 92.3 Å². The van der Waals surface area contributed by atoms with E-state index in [4.69, 9.17) is 23.7 Å². The Kier molecular flexibility index (Phi) is 6.30. The largest absolute Gasteiger partial charge is 0.493 e. The summed E-state index contributed by atoms with van der Waals surface area (Å²) in [6, 6.07) is 1.68. The molecule has 0 spiro atoms. The van der Waals surface area contributed by atoms with Crippen LogP contribution >= 0.6 is 0 Å². The van der Waals surface area contributed by atoms with E-state index >= 15 is 0 Å². The summed E-state index contributed by atoms with van der Waals surface area (Å²) >= 11 is 0. The molecule has 1 aliphatic carbocycles. The second kappa shape index (κ2) is 8.48. The number of amides is 1. The maximum atomic E-state index is 12.2. The minimum atomic E-state index is -0.883. The maximum Gasteiger partial charge on any atom is 0.407 e. The predicted molar refractivity (Wildman–Crippen MR) is 114 cm³/mol. The van der Waals surface area contributed by atoms with Gasteiger partial charge in [0.25, 0.3) is 5.79 Å².